The number of hydrogen-bond acceptors (Lipinski definition) is 2. The first-order valence-corrected chi connectivity index (χ1v) is 7.12. The molecule has 0 aromatic heterocycles. The molecule has 0 aliphatic heterocycles. The lowest BCUT2D eigenvalue weighted by Gasteiger charge is -2.32. The maximum absolute atomic E-state index is 10.2. The molecule has 2 rings (SSSR count). The molecule has 1 aliphatic carbocycles. The van der Waals surface area contributed by atoms with Crippen molar-refractivity contribution in [3.8, 4) is 11.5 Å². The predicted molar refractivity (Wildman–Crippen MR) is 78.6 cm³/mol. The van der Waals surface area contributed by atoms with Gasteiger partial charge in [0.2, 0.25) is 0 Å². The highest BCUT2D eigenvalue weighted by Crippen LogP contribution is 2.45. The van der Waals surface area contributed by atoms with Gasteiger partial charge in [0.1, 0.15) is 11.5 Å². The number of hydrogen-bond donors (Lipinski definition) is 2. The molecule has 0 bridgehead atoms. The van der Waals surface area contributed by atoms with Crippen molar-refractivity contribution in [3.05, 3.63) is 34.9 Å². The van der Waals surface area contributed by atoms with Gasteiger partial charge in [-0.15, -0.1) is 0 Å². The van der Waals surface area contributed by atoms with E-state index in [0.29, 0.717) is 11.8 Å². The monoisotopic (exact) mass is 260 g/mol. The Morgan fingerprint density at radius 2 is 1.89 bits per heavy atom. The molecule has 0 saturated heterocycles. The summed E-state index contributed by atoms with van der Waals surface area (Å²) in [6, 6.07) is 3.20. The third-order valence-electron chi connectivity index (χ3n) is 4.16. The molecule has 0 fully saturated rings. The maximum atomic E-state index is 10.2. The van der Waals surface area contributed by atoms with Crippen LogP contribution in [0.4, 0.5) is 0 Å². The van der Waals surface area contributed by atoms with Gasteiger partial charge in [-0.1, -0.05) is 32.4 Å². The third kappa shape index (κ3) is 2.78. The number of rotatable bonds is 2. The highest BCUT2D eigenvalue weighted by atomic mass is 16.3. The molecule has 0 saturated carbocycles. The second kappa shape index (κ2) is 5.28. The minimum Gasteiger partial charge on any atom is -0.508 e. The summed E-state index contributed by atoms with van der Waals surface area (Å²) in [5.41, 5.74) is 3.38. The maximum Gasteiger partial charge on any atom is 0.123 e. The van der Waals surface area contributed by atoms with E-state index < -0.39 is 0 Å². The second-order valence-corrected chi connectivity index (χ2v) is 6.18. The second-order valence-electron chi connectivity index (χ2n) is 6.18. The van der Waals surface area contributed by atoms with Gasteiger partial charge in [0.05, 0.1) is 0 Å². The van der Waals surface area contributed by atoms with Crippen molar-refractivity contribution in [1.29, 1.82) is 0 Å². The quantitative estimate of drug-likeness (QED) is 0.768. The van der Waals surface area contributed by atoms with E-state index in [1.165, 1.54) is 11.6 Å². The van der Waals surface area contributed by atoms with E-state index in [9.17, 15) is 10.2 Å². The number of aromatic hydroxyl groups is 2. The Morgan fingerprint density at radius 1 is 1.21 bits per heavy atom. The predicted octanol–water partition coefficient (Wildman–Crippen LogP) is 4.50. The van der Waals surface area contributed by atoms with Crippen molar-refractivity contribution in [2.24, 2.45) is 11.8 Å². The fraction of sp³-hybridized carbons (Fsp3) is 0.529. The van der Waals surface area contributed by atoms with Gasteiger partial charge in [-0.25, -0.2) is 0 Å². The Hall–Kier alpha value is -1.44. The Labute approximate surface area is 115 Å². The van der Waals surface area contributed by atoms with E-state index in [2.05, 4.69) is 26.8 Å². The lowest BCUT2D eigenvalue weighted by Crippen LogP contribution is -2.17. The summed E-state index contributed by atoms with van der Waals surface area (Å²) in [6.45, 7) is 8.64. The van der Waals surface area contributed by atoms with Gasteiger partial charge in [0, 0.05) is 17.5 Å². The molecule has 1 aromatic rings. The molecule has 0 heterocycles. The van der Waals surface area contributed by atoms with E-state index in [1.807, 2.05) is 6.92 Å². The molecule has 2 heteroatoms. The Morgan fingerprint density at radius 3 is 2.47 bits per heavy atom. The summed E-state index contributed by atoms with van der Waals surface area (Å²) < 4.78 is 0. The Bertz CT molecular complexity index is 477. The first kappa shape index (κ1) is 14.0. The molecule has 104 valence electrons. The first-order chi connectivity index (χ1) is 8.90. The average Bonchev–Trinajstić information content (AvgIpc) is 2.27. The van der Waals surface area contributed by atoms with Crippen LogP contribution < -0.4 is 0 Å². The molecule has 2 atom stereocenters. The molecule has 2 N–H and O–H groups in total. The zero-order chi connectivity index (χ0) is 14.2. The highest BCUT2D eigenvalue weighted by Gasteiger charge is 2.28. The number of phenolic OH excluding ortho intramolecular Hbond substituents is 2. The zero-order valence-electron chi connectivity index (χ0n) is 12.3. The van der Waals surface area contributed by atoms with Crippen molar-refractivity contribution < 1.29 is 10.2 Å². The smallest absolute Gasteiger partial charge is 0.123 e. The van der Waals surface area contributed by atoms with Gasteiger partial charge >= 0.3 is 0 Å². The van der Waals surface area contributed by atoms with Gasteiger partial charge in [-0.2, -0.15) is 0 Å². The SMILES string of the molecule is Cc1cc(O)cc(O)c1[C@H]1C[C@@H](C)CC=C1C(C)C. The van der Waals surface area contributed by atoms with Crippen LogP contribution in [0.5, 0.6) is 11.5 Å². The van der Waals surface area contributed by atoms with E-state index in [1.54, 1.807) is 6.07 Å². The van der Waals surface area contributed by atoms with Crippen LogP contribution in [-0.2, 0) is 0 Å². The third-order valence-corrected chi connectivity index (χ3v) is 4.16. The van der Waals surface area contributed by atoms with E-state index >= 15 is 0 Å². The van der Waals surface area contributed by atoms with Crippen LogP contribution in [0.1, 0.15) is 50.7 Å². The molecule has 1 aromatic carbocycles. The van der Waals surface area contributed by atoms with E-state index in [4.69, 9.17) is 0 Å². The van der Waals surface area contributed by atoms with Gasteiger partial charge in [-0.05, 0) is 43.2 Å². The summed E-state index contributed by atoms with van der Waals surface area (Å²) in [5.74, 6) is 1.77. The molecule has 19 heavy (non-hydrogen) atoms. The minimum absolute atomic E-state index is 0.137. The normalized spacial score (nSPS) is 23.5. The summed E-state index contributed by atoms with van der Waals surface area (Å²) in [5, 5.41) is 19.8. The standard InChI is InChI=1S/C17H24O2/c1-10(2)14-6-5-11(3)7-15(14)17-12(4)8-13(18)9-16(17)19/h6,8-11,15,18-19H,5,7H2,1-4H3/t11-,15-/m0/s1. The largest absolute Gasteiger partial charge is 0.508 e. The number of aryl methyl sites for hydroxylation is 1. The number of phenols is 2. The van der Waals surface area contributed by atoms with Crippen molar-refractivity contribution >= 4 is 0 Å². The lowest BCUT2D eigenvalue weighted by molar-refractivity contribution is 0.415. The van der Waals surface area contributed by atoms with Crippen LogP contribution in [0, 0.1) is 18.8 Å². The lowest BCUT2D eigenvalue weighted by atomic mass is 9.73. The van der Waals surface area contributed by atoms with Crippen LogP contribution in [0.2, 0.25) is 0 Å². The fourth-order valence-electron chi connectivity index (χ4n) is 3.25. The molecule has 0 unspecified atom stereocenters. The molecular formula is C17H24O2. The molecule has 0 spiro atoms. The van der Waals surface area contributed by atoms with Gasteiger partial charge in [0.25, 0.3) is 0 Å². The van der Waals surface area contributed by atoms with Crippen LogP contribution in [0.25, 0.3) is 0 Å². The number of benzene rings is 1. The van der Waals surface area contributed by atoms with E-state index in [0.717, 1.165) is 24.0 Å². The first-order valence-electron chi connectivity index (χ1n) is 7.12. The fourth-order valence-corrected chi connectivity index (χ4v) is 3.25. The summed E-state index contributed by atoms with van der Waals surface area (Å²) in [4.78, 5) is 0. The Kier molecular flexibility index (Phi) is 3.88. The van der Waals surface area contributed by atoms with Crippen molar-refractivity contribution in [2.45, 2.75) is 46.5 Å². The molecule has 0 amide bonds. The Balaban J connectivity index is 2.50. The van der Waals surface area contributed by atoms with Gasteiger partial charge in [-0.3, -0.25) is 0 Å². The topological polar surface area (TPSA) is 40.5 Å². The molecular weight excluding hydrogens is 236 g/mol. The molecule has 2 nitrogen and oxygen atoms in total. The highest BCUT2D eigenvalue weighted by molar-refractivity contribution is 5.50. The van der Waals surface area contributed by atoms with Crippen molar-refractivity contribution in [2.75, 3.05) is 0 Å². The molecule has 1 aliphatic rings. The zero-order valence-corrected chi connectivity index (χ0v) is 12.3. The summed E-state index contributed by atoms with van der Waals surface area (Å²) in [7, 11) is 0. The van der Waals surface area contributed by atoms with Gasteiger partial charge < -0.3 is 10.2 Å². The summed E-state index contributed by atoms with van der Waals surface area (Å²) >= 11 is 0. The van der Waals surface area contributed by atoms with Crippen molar-refractivity contribution in [3.63, 3.8) is 0 Å². The van der Waals surface area contributed by atoms with Crippen LogP contribution >= 0.6 is 0 Å². The van der Waals surface area contributed by atoms with Gasteiger partial charge in [0.15, 0.2) is 0 Å². The van der Waals surface area contributed by atoms with Crippen LogP contribution in [0.15, 0.2) is 23.8 Å². The minimum atomic E-state index is 0.137. The average molecular weight is 260 g/mol. The van der Waals surface area contributed by atoms with E-state index in [-0.39, 0.29) is 17.4 Å². The van der Waals surface area contributed by atoms with Crippen molar-refractivity contribution in [1.82, 2.24) is 0 Å². The van der Waals surface area contributed by atoms with Crippen LogP contribution in [-0.4, -0.2) is 10.2 Å². The van der Waals surface area contributed by atoms with Crippen LogP contribution in [0.3, 0.4) is 0 Å². The number of allylic oxidation sites excluding steroid dienone is 2. The molecule has 0 radical (unpaired) electrons. The summed E-state index contributed by atoms with van der Waals surface area (Å²) in [6.07, 6.45) is 4.54.